The first-order valence-corrected chi connectivity index (χ1v) is 8.98. The fourth-order valence-electron chi connectivity index (χ4n) is 4.63. The second kappa shape index (κ2) is 5.76. The highest BCUT2D eigenvalue weighted by Gasteiger charge is 2.72. The minimum Gasteiger partial charge on any atom is -0.359 e. The zero-order valence-corrected chi connectivity index (χ0v) is 14.2. The Bertz CT molecular complexity index is 731. The Morgan fingerprint density at radius 3 is 2.67 bits per heavy atom. The summed E-state index contributed by atoms with van der Waals surface area (Å²) in [6.45, 7) is 2.45. The SMILES string of the molecule is CCc1cc(CNC(=O)[C@]2(c3ccccc3)CC23CCCC3)on1. The van der Waals surface area contributed by atoms with Gasteiger partial charge in [-0.05, 0) is 36.7 Å². The molecule has 126 valence electrons. The fraction of sp³-hybridized carbons (Fsp3) is 0.500. The molecule has 2 fully saturated rings. The van der Waals surface area contributed by atoms with Crippen LogP contribution >= 0.6 is 0 Å². The summed E-state index contributed by atoms with van der Waals surface area (Å²) >= 11 is 0. The van der Waals surface area contributed by atoms with Gasteiger partial charge in [-0.15, -0.1) is 0 Å². The van der Waals surface area contributed by atoms with Crippen molar-refractivity contribution in [2.45, 2.75) is 57.4 Å². The lowest BCUT2D eigenvalue weighted by Crippen LogP contribution is -2.38. The van der Waals surface area contributed by atoms with E-state index in [2.05, 4.69) is 22.6 Å². The van der Waals surface area contributed by atoms with E-state index in [-0.39, 0.29) is 16.7 Å². The molecule has 0 unspecified atom stereocenters. The number of aryl methyl sites for hydroxylation is 1. The summed E-state index contributed by atoms with van der Waals surface area (Å²) in [7, 11) is 0. The standard InChI is InChI=1S/C20H24N2O2/c1-2-16-12-17(24-22-16)13-21-18(23)20(15-8-4-3-5-9-15)14-19(20)10-6-7-11-19/h3-5,8-9,12H,2,6-7,10-11,13-14H2,1H3,(H,21,23)/t20-/m1/s1. The second-order valence-corrected chi connectivity index (χ2v) is 7.26. The van der Waals surface area contributed by atoms with E-state index in [1.165, 1.54) is 12.8 Å². The molecule has 1 aromatic carbocycles. The smallest absolute Gasteiger partial charge is 0.231 e. The number of nitrogens with one attached hydrogen (secondary N) is 1. The Labute approximate surface area is 142 Å². The van der Waals surface area contributed by atoms with Gasteiger partial charge in [-0.25, -0.2) is 0 Å². The number of hydrogen-bond donors (Lipinski definition) is 1. The van der Waals surface area contributed by atoms with Crippen LogP contribution in [0.3, 0.4) is 0 Å². The van der Waals surface area contributed by atoms with Crippen molar-refractivity contribution < 1.29 is 9.32 Å². The summed E-state index contributed by atoms with van der Waals surface area (Å²) in [6, 6.07) is 12.2. The number of hydrogen-bond acceptors (Lipinski definition) is 3. The van der Waals surface area contributed by atoms with Gasteiger partial charge in [0.2, 0.25) is 5.91 Å². The summed E-state index contributed by atoms with van der Waals surface area (Å²) in [5.41, 5.74) is 1.92. The molecule has 0 aliphatic heterocycles. The van der Waals surface area contributed by atoms with Crippen LogP contribution in [-0.2, 0) is 23.2 Å². The van der Waals surface area contributed by atoms with Gasteiger partial charge in [0.1, 0.15) is 0 Å². The third-order valence-electron chi connectivity index (χ3n) is 5.99. The quantitative estimate of drug-likeness (QED) is 0.911. The highest BCUT2D eigenvalue weighted by molar-refractivity contribution is 5.93. The first-order valence-electron chi connectivity index (χ1n) is 8.98. The van der Waals surface area contributed by atoms with Gasteiger partial charge in [0, 0.05) is 6.07 Å². The van der Waals surface area contributed by atoms with Crippen LogP contribution in [-0.4, -0.2) is 11.1 Å². The summed E-state index contributed by atoms with van der Waals surface area (Å²) in [4.78, 5) is 13.2. The molecule has 1 spiro atoms. The molecule has 4 rings (SSSR count). The zero-order chi connectivity index (χ0) is 16.6. The van der Waals surface area contributed by atoms with Crippen LogP contribution in [0.2, 0.25) is 0 Å². The minimum absolute atomic E-state index is 0.144. The predicted molar refractivity (Wildman–Crippen MR) is 91.4 cm³/mol. The van der Waals surface area contributed by atoms with Gasteiger partial charge < -0.3 is 9.84 Å². The van der Waals surface area contributed by atoms with E-state index in [4.69, 9.17) is 4.52 Å². The third kappa shape index (κ3) is 2.27. The van der Waals surface area contributed by atoms with Crippen molar-refractivity contribution in [2.75, 3.05) is 0 Å². The number of aromatic nitrogens is 1. The van der Waals surface area contributed by atoms with Crippen LogP contribution in [0, 0.1) is 5.41 Å². The molecule has 4 nitrogen and oxygen atoms in total. The minimum atomic E-state index is -0.349. The topological polar surface area (TPSA) is 55.1 Å². The van der Waals surface area contributed by atoms with Crippen LogP contribution in [0.1, 0.15) is 56.0 Å². The molecular formula is C20H24N2O2. The molecule has 1 N–H and O–H groups in total. The normalized spacial score (nSPS) is 24.2. The molecule has 2 aliphatic rings. The van der Waals surface area contributed by atoms with E-state index in [1.54, 1.807) is 0 Å². The summed E-state index contributed by atoms with van der Waals surface area (Å²) in [6.07, 6.45) is 6.63. The Morgan fingerprint density at radius 1 is 1.25 bits per heavy atom. The van der Waals surface area contributed by atoms with Crippen molar-refractivity contribution in [1.82, 2.24) is 10.5 Å². The van der Waals surface area contributed by atoms with E-state index in [0.29, 0.717) is 6.54 Å². The van der Waals surface area contributed by atoms with Gasteiger partial charge in [0.15, 0.2) is 5.76 Å². The molecule has 1 atom stereocenters. The monoisotopic (exact) mass is 324 g/mol. The Balaban J connectivity index is 1.55. The van der Waals surface area contributed by atoms with Crippen molar-refractivity contribution in [3.8, 4) is 0 Å². The summed E-state index contributed by atoms with van der Waals surface area (Å²) in [5, 5.41) is 7.11. The molecule has 0 radical (unpaired) electrons. The Kier molecular flexibility index (Phi) is 3.70. The van der Waals surface area contributed by atoms with Crippen molar-refractivity contribution >= 4 is 5.91 Å². The van der Waals surface area contributed by atoms with Crippen LogP contribution in [0.25, 0.3) is 0 Å². The van der Waals surface area contributed by atoms with Gasteiger partial charge in [-0.2, -0.15) is 0 Å². The summed E-state index contributed by atoms with van der Waals surface area (Å²) in [5.74, 6) is 0.870. The number of carbonyl (C=O) groups is 1. The van der Waals surface area contributed by atoms with Gasteiger partial charge in [0.25, 0.3) is 0 Å². The number of nitrogens with zero attached hydrogens (tertiary/aromatic N) is 1. The third-order valence-corrected chi connectivity index (χ3v) is 5.99. The molecule has 1 amide bonds. The molecule has 2 aliphatic carbocycles. The zero-order valence-electron chi connectivity index (χ0n) is 14.2. The van der Waals surface area contributed by atoms with Crippen molar-refractivity contribution in [2.24, 2.45) is 5.41 Å². The van der Waals surface area contributed by atoms with Crippen LogP contribution in [0.4, 0.5) is 0 Å². The van der Waals surface area contributed by atoms with Gasteiger partial charge >= 0.3 is 0 Å². The van der Waals surface area contributed by atoms with E-state index >= 15 is 0 Å². The largest absolute Gasteiger partial charge is 0.359 e. The van der Waals surface area contributed by atoms with E-state index < -0.39 is 0 Å². The summed E-state index contributed by atoms with van der Waals surface area (Å²) < 4.78 is 5.30. The number of rotatable bonds is 5. The average Bonchev–Trinajstić information content (AvgIpc) is 2.96. The molecule has 4 heteroatoms. The molecule has 2 aromatic rings. The molecule has 0 saturated heterocycles. The number of carbonyl (C=O) groups excluding carboxylic acids is 1. The maximum absolute atomic E-state index is 13.2. The van der Waals surface area contributed by atoms with E-state index in [0.717, 1.165) is 42.7 Å². The van der Waals surface area contributed by atoms with Crippen molar-refractivity contribution in [3.05, 3.63) is 53.4 Å². The molecule has 0 bridgehead atoms. The molecular weight excluding hydrogens is 300 g/mol. The first kappa shape index (κ1) is 15.4. The number of amides is 1. The fourth-order valence-corrected chi connectivity index (χ4v) is 4.63. The highest BCUT2D eigenvalue weighted by atomic mass is 16.5. The average molecular weight is 324 g/mol. The Morgan fingerprint density at radius 2 is 2.00 bits per heavy atom. The lowest BCUT2D eigenvalue weighted by Gasteiger charge is -2.22. The lowest BCUT2D eigenvalue weighted by atomic mass is 9.84. The maximum Gasteiger partial charge on any atom is 0.231 e. The molecule has 1 aromatic heterocycles. The lowest BCUT2D eigenvalue weighted by molar-refractivity contribution is -0.124. The molecule has 1 heterocycles. The van der Waals surface area contributed by atoms with Crippen molar-refractivity contribution in [3.63, 3.8) is 0 Å². The van der Waals surface area contributed by atoms with Gasteiger partial charge in [-0.1, -0.05) is 55.3 Å². The van der Waals surface area contributed by atoms with Crippen LogP contribution < -0.4 is 5.32 Å². The van der Waals surface area contributed by atoms with E-state index in [9.17, 15) is 4.79 Å². The predicted octanol–water partition coefficient (Wildman–Crippen LogP) is 3.76. The van der Waals surface area contributed by atoms with Crippen LogP contribution in [0.15, 0.2) is 40.9 Å². The maximum atomic E-state index is 13.2. The van der Waals surface area contributed by atoms with Crippen molar-refractivity contribution in [1.29, 1.82) is 0 Å². The molecule has 2 saturated carbocycles. The first-order chi connectivity index (χ1) is 11.7. The number of benzene rings is 1. The van der Waals surface area contributed by atoms with Crippen LogP contribution in [0.5, 0.6) is 0 Å². The van der Waals surface area contributed by atoms with E-state index in [1.807, 2.05) is 31.2 Å². The van der Waals surface area contributed by atoms with Gasteiger partial charge in [-0.3, -0.25) is 4.79 Å². The second-order valence-electron chi connectivity index (χ2n) is 7.26. The van der Waals surface area contributed by atoms with Gasteiger partial charge in [0.05, 0.1) is 17.7 Å². The molecule has 24 heavy (non-hydrogen) atoms. The highest BCUT2D eigenvalue weighted by Crippen LogP contribution is 2.72. The Hall–Kier alpha value is -2.10.